The minimum absolute atomic E-state index is 0.231. The number of rotatable bonds is 3. The Kier molecular flexibility index (Phi) is 3.12. The molecule has 0 saturated carbocycles. The van der Waals surface area contributed by atoms with Gasteiger partial charge in [-0.2, -0.15) is 0 Å². The Bertz CT molecular complexity index is 434. The van der Waals surface area contributed by atoms with E-state index in [1.807, 2.05) is 0 Å². The molecule has 1 fully saturated rings. The van der Waals surface area contributed by atoms with E-state index in [9.17, 15) is 0 Å². The fourth-order valence-corrected chi connectivity index (χ4v) is 2.60. The van der Waals surface area contributed by atoms with Crippen LogP contribution in [0.3, 0.4) is 0 Å². The number of methoxy groups -OCH3 is 1. The van der Waals surface area contributed by atoms with Crippen molar-refractivity contribution in [2.24, 2.45) is 5.84 Å². The fraction of sp³-hybridized carbons (Fsp3) is 0.538. The van der Waals surface area contributed by atoms with E-state index in [0.29, 0.717) is 13.2 Å². The van der Waals surface area contributed by atoms with Gasteiger partial charge in [-0.05, 0) is 49.1 Å². The molecule has 4 nitrogen and oxygen atoms in total. The van der Waals surface area contributed by atoms with Crippen molar-refractivity contribution in [3.05, 3.63) is 28.3 Å². The van der Waals surface area contributed by atoms with Gasteiger partial charge in [-0.15, -0.1) is 0 Å². The molecule has 0 amide bonds. The number of nitrogens with one attached hydrogen (secondary N) is 1. The minimum Gasteiger partial charge on any atom is -0.496 e. The molecule has 1 aromatic carbocycles. The Labute approximate surface area is 102 Å². The fourth-order valence-electron chi connectivity index (χ4n) is 2.60. The van der Waals surface area contributed by atoms with Crippen molar-refractivity contribution in [1.82, 2.24) is 5.43 Å². The molecule has 1 aliphatic heterocycles. The molecule has 0 bridgehead atoms. The average Bonchev–Trinajstić information content (AvgIpc) is 2.27. The highest BCUT2D eigenvalue weighted by molar-refractivity contribution is 5.51. The second kappa shape index (κ2) is 4.29. The Hall–Kier alpha value is -1.10. The highest BCUT2D eigenvalue weighted by atomic mass is 16.5. The Morgan fingerprint density at radius 1 is 1.29 bits per heavy atom. The highest BCUT2D eigenvalue weighted by Gasteiger charge is 2.42. The van der Waals surface area contributed by atoms with Gasteiger partial charge < -0.3 is 9.47 Å². The summed E-state index contributed by atoms with van der Waals surface area (Å²) in [5, 5.41) is 0. The van der Waals surface area contributed by atoms with Crippen LogP contribution >= 0.6 is 0 Å². The molecule has 0 aliphatic carbocycles. The number of ether oxygens (including phenoxy) is 2. The molecular formula is C13H20N2O2. The molecule has 0 spiro atoms. The summed E-state index contributed by atoms with van der Waals surface area (Å²) in [7, 11) is 1.70. The molecule has 0 atom stereocenters. The number of nitrogens with two attached hydrogens (primary N) is 1. The quantitative estimate of drug-likeness (QED) is 0.613. The maximum Gasteiger partial charge on any atom is 0.122 e. The third kappa shape index (κ3) is 1.73. The van der Waals surface area contributed by atoms with Gasteiger partial charge >= 0.3 is 0 Å². The molecular weight excluding hydrogens is 216 g/mol. The lowest BCUT2D eigenvalue weighted by molar-refractivity contribution is -0.0793. The lowest BCUT2D eigenvalue weighted by atomic mass is 9.81. The third-order valence-corrected chi connectivity index (χ3v) is 3.72. The second-order valence-electron chi connectivity index (χ2n) is 4.74. The smallest absolute Gasteiger partial charge is 0.122 e. The topological polar surface area (TPSA) is 56.5 Å². The van der Waals surface area contributed by atoms with Crippen LogP contribution in [0.4, 0.5) is 0 Å². The first-order chi connectivity index (χ1) is 8.05. The van der Waals surface area contributed by atoms with Crippen molar-refractivity contribution in [1.29, 1.82) is 0 Å². The van der Waals surface area contributed by atoms with Crippen molar-refractivity contribution in [3.8, 4) is 5.75 Å². The summed E-state index contributed by atoms with van der Waals surface area (Å²) in [5.41, 5.74) is 7.49. The maximum absolute atomic E-state index is 5.70. The zero-order valence-electron chi connectivity index (χ0n) is 10.9. The zero-order chi connectivity index (χ0) is 12.6. The predicted octanol–water partition coefficient (Wildman–Crippen LogP) is 1.31. The van der Waals surface area contributed by atoms with Gasteiger partial charge in [-0.25, -0.2) is 5.43 Å². The van der Waals surface area contributed by atoms with Crippen LogP contribution in [-0.4, -0.2) is 20.3 Å². The van der Waals surface area contributed by atoms with E-state index >= 15 is 0 Å². The van der Waals surface area contributed by atoms with Gasteiger partial charge in [0.05, 0.1) is 20.3 Å². The molecule has 0 unspecified atom stereocenters. The van der Waals surface area contributed by atoms with E-state index < -0.39 is 0 Å². The zero-order valence-corrected chi connectivity index (χ0v) is 10.9. The third-order valence-electron chi connectivity index (χ3n) is 3.72. The molecule has 0 radical (unpaired) electrons. The standard InChI is InChI=1S/C13H20N2O2/c1-8-5-11(16-4)9(2)10(3)12(8)13(15-14)6-17-7-13/h5,15H,6-7,14H2,1-4H3. The summed E-state index contributed by atoms with van der Waals surface area (Å²) in [5.74, 6) is 6.62. The first-order valence-electron chi connectivity index (χ1n) is 5.76. The van der Waals surface area contributed by atoms with Gasteiger partial charge in [-0.3, -0.25) is 5.84 Å². The normalized spacial score (nSPS) is 17.7. The summed E-state index contributed by atoms with van der Waals surface area (Å²) >= 11 is 0. The number of benzene rings is 1. The molecule has 17 heavy (non-hydrogen) atoms. The molecule has 1 heterocycles. The molecule has 3 N–H and O–H groups in total. The second-order valence-corrected chi connectivity index (χ2v) is 4.74. The average molecular weight is 236 g/mol. The van der Waals surface area contributed by atoms with E-state index in [-0.39, 0.29) is 5.54 Å². The monoisotopic (exact) mass is 236 g/mol. The van der Waals surface area contributed by atoms with Crippen LogP contribution in [0, 0.1) is 20.8 Å². The molecule has 1 aromatic rings. The van der Waals surface area contributed by atoms with Gasteiger partial charge in [0.25, 0.3) is 0 Å². The van der Waals surface area contributed by atoms with E-state index in [1.165, 1.54) is 16.7 Å². The van der Waals surface area contributed by atoms with Gasteiger partial charge in [0.1, 0.15) is 11.3 Å². The Morgan fingerprint density at radius 3 is 2.35 bits per heavy atom. The van der Waals surface area contributed by atoms with Crippen molar-refractivity contribution in [2.75, 3.05) is 20.3 Å². The maximum atomic E-state index is 5.70. The van der Waals surface area contributed by atoms with Crippen molar-refractivity contribution >= 4 is 0 Å². The summed E-state index contributed by atoms with van der Waals surface area (Å²) in [6.45, 7) is 7.51. The molecule has 1 saturated heterocycles. The molecule has 94 valence electrons. The molecule has 1 aliphatic rings. The van der Waals surface area contributed by atoms with Crippen LogP contribution in [0.25, 0.3) is 0 Å². The Balaban J connectivity index is 2.58. The van der Waals surface area contributed by atoms with E-state index in [2.05, 4.69) is 32.3 Å². The van der Waals surface area contributed by atoms with E-state index in [4.69, 9.17) is 15.3 Å². The van der Waals surface area contributed by atoms with E-state index in [1.54, 1.807) is 7.11 Å². The van der Waals surface area contributed by atoms with Gasteiger partial charge in [0.15, 0.2) is 0 Å². The van der Waals surface area contributed by atoms with Gasteiger partial charge in [0.2, 0.25) is 0 Å². The SMILES string of the molecule is COc1cc(C)c(C2(NN)COC2)c(C)c1C. The summed E-state index contributed by atoms with van der Waals surface area (Å²) in [6.07, 6.45) is 0. The Morgan fingerprint density at radius 2 is 1.94 bits per heavy atom. The van der Waals surface area contributed by atoms with Crippen LogP contribution in [-0.2, 0) is 10.3 Å². The predicted molar refractivity (Wildman–Crippen MR) is 67.0 cm³/mol. The van der Waals surface area contributed by atoms with Gasteiger partial charge in [-0.1, -0.05) is 0 Å². The first kappa shape index (κ1) is 12.4. The molecule has 4 heteroatoms. The summed E-state index contributed by atoms with van der Waals surface area (Å²) < 4.78 is 10.7. The highest BCUT2D eigenvalue weighted by Crippen LogP contribution is 2.37. The van der Waals surface area contributed by atoms with Crippen molar-refractivity contribution < 1.29 is 9.47 Å². The van der Waals surface area contributed by atoms with E-state index in [0.717, 1.165) is 11.3 Å². The van der Waals surface area contributed by atoms with Crippen LogP contribution in [0.1, 0.15) is 22.3 Å². The van der Waals surface area contributed by atoms with Crippen LogP contribution in [0.2, 0.25) is 0 Å². The first-order valence-corrected chi connectivity index (χ1v) is 5.76. The van der Waals surface area contributed by atoms with Crippen molar-refractivity contribution in [2.45, 2.75) is 26.3 Å². The lowest BCUT2D eigenvalue weighted by Crippen LogP contribution is -2.60. The largest absolute Gasteiger partial charge is 0.496 e. The molecule has 2 rings (SSSR count). The van der Waals surface area contributed by atoms with Gasteiger partial charge in [0, 0.05) is 0 Å². The van der Waals surface area contributed by atoms with Crippen LogP contribution in [0.5, 0.6) is 5.75 Å². The molecule has 0 aromatic heterocycles. The number of hydrazine groups is 1. The lowest BCUT2D eigenvalue weighted by Gasteiger charge is -2.43. The minimum atomic E-state index is -0.231. The number of aryl methyl sites for hydroxylation is 1. The van der Waals surface area contributed by atoms with Crippen LogP contribution in [0.15, 0.2) is 6.07 Å². The summed E-state index contributed by atoms with van der Waals surface area (Å²) in [6, 6.07) is 2.06. The number of hydrogen-bond acceptors (Lipinski definition) is 4. The summed E-state index contributed by atoms with van der Waals surface area (Å²) in [4.78, 5) is 0. The number of hydrogen-bond donors (Lipinski definition) is 2. The van der Waals surface area contributed by atoms with Crippen molar-refractivity contribution in [3.63, 3.8) is 0 Å². The van der Waals surface area contributed by atoms with Crippen LogP contribution < -0.4 is 16.0 Å².